The van der Waals surface area contributed by atoms with Crippen molar-refractivity contribution in [1.82, 2.24) is 14.6 Å². The summed E-state index contributed by atoms with van der Waals surface area (Å²) < 4.78 is 6.44. The number of nitrogens with two attached hydrogens (primary N) is 2. The number of hydrogen-bond acceptors (Lipinski definition) is 7. The summed E-state index contributed by atoms with van der Waals surface area (Å²) in [5.74, 6) is 0.183. The van der Waals surface area contributed by atoms with Crippen LogP contribution in [0.25, 0.3) is 27.7 Å². The standard InChI is InChI=1S/C25H19N7O2/c1-34-16-11-9-15(10-12-16)29-24-20(23(28)33)25-30-21(19(13-26)22(27)32(25)31-24)18-8-4-6-14-5-2-3-7-17(14)18/h2-12H,27H2,1H3,(H2,28,33)(H,29,31). The van der Waals surface area contributed by atoms with Gasteiger partial charge in [0, 0.05) is 11.3 Å². The first kappa shape index (κ1) is 20.8. The summed E-state index contributed by atoms with van der Waals surface area (Å²) in [6.07, 6.45) is 0. The lowest BCUT2D eigenvalue weighted by Crippen LogP contribution is -2.14. The Morgan fingerprint density at radius 3 is 2.53 bits per heavy atom. The lowest BCUT2D eigenvalue weighted by molar-refractivity contribution is 0.100. The molecule has 0 atom stereocenters. The molecule has 0 unspecified atom stereocenters. The van der Waals surface area contributed by atoms with Crippen LogP contribution in [-0.4, -0.2) is 27.6 Å². The Morgan fingerprint density at radius 1 is 1.09 bits per heavy atom. The SMILES string of the molecule is COc1ccc(Nc2nn3c(N)c(C#N)c(-c4cccc5ccccc45)nc3c2C(N)=O)cc1. The minimum absolute atomic E-state index is 0.0562. The van der Waals surface area contributed by atoms with Crippen LogP contribution in [-0.2, 0) is 0 Å². The molecular weight excluding hydrogens is 430 g/mol. The number of amides is 1. The van der Waals surface area contributed by atoms with Gasteiger partial charge in [-0.15, -0.1) is 5.10 Å². The quantitative estimate of drug-likeness (QED) is 0.369. The Hall–Kier alpha value is -5.10. The number of ether oxygens (including phenoxy) is 1. The summed E-state index contributed by atoms with van der Waals surface area (Å²) in [6, 6.07) is 22.7. The molecule has 5 N–H and O–H groups in total. The topological polar surface area (TPSA) is 144 Å². The first-order valence-electron chi connectivity index (χ1n) is 10.3. The van der Waals surface area contributed by atoms with Gasteiger partial charge in [0.25, 0.3) is 5.91 Å². The maximum absolute atomic E-state index is 12.5. The highest BCUT2D eigenvalue weighted by atomic mass is 16.5. The third-order valence-corrected chi connectivity index (χ3v) is 5.56. The summed E-state index contributed by atoms with van der Waals surface area (Å²) in [4.78, 5) is 17.2. The van der Waals surface area contributed by atoms with Gasteiger partial charge in [-0.3, -0.25) is 4.79 Å². The van der Waals surface area contributed by atoms with Gasteiger partial charge in [-0.25, -0.2) is 4.98 Å². The van der Waals surface area contributed by atoms with E-state index in [9.17, 15) is 10.1 Å². The van der Waals surface area contributed by atoms with Gasteiger partial charge >= 0.3 is 0 Å². The minimum atomic E-state index is -0.730. The number of carbonyl (C=O) groups is 1. The fourth-order valence-electron chi connectivity index (χ4n) is 3.93. The van der Waals surface area contributed by atoms with Crippen LogP contribution in [0.5, 0.6) is 5.75 Å². The molecule has 0 fully saturated rings. The first-order chi connectivity index (χ1) is 16.5. The average molecular weight is 449 g/mol. The second kappa shape index (κ2) is 8.11. The van der Waals surface area contributed by atoms with Crippen molar-refractivity contribution in [2.45, 2.75) is 0 Å². The lowest BCUT2D eigenvalue weighted by Gasteiger charge is -2.11. The number of methoxy groups -OCH3 is 1. The van der Waals surface area contributed by atoms with Gasteiger partial charge in [0.15, 0.2) is 11.5 Å². The van der Waals surface area contributed by atoms with E-state index in [4.69, 9.17) is 16.2 Å². The Morgan fingerprint density at radius 2 is 1.82 bits per heavy atom. The van der Waals surface area contributed by atoms with Crippen LogP contribution in [0.4, 0.5) is 17.3 Å². The zero-order chi connectivity index (χ0) is 23.8. The summed E-state index contributed by atoms with van der Waals surface area (Å²) in [6.45, 7) is 0. The highest BCUT2D eigenvalue weighted by molar-refractivity contribution is 6.05. The van der Waals surface area contributed by atoms with Gasteiger partial charge < -0.3 is 21.5 Å². The number of anilines is 3. The summed E-state index contributed by atoms with van der Waals surface area (Å²) in [5.41, 5.74) is 14.2. The number of primary amides is 1. The number of fused-ring (bicyclic) bond motifs is 2. The maximum Gasteiger partial charge on any atom is 0.256 e. The Labute approximate surface area is 194 Å². The van der Waals surface area contributed by atoms with Crippen LogP contribution >= 0.6 is 0 Å². The number of nitrogens with one attached hydrogen (secondary N) is 1. The molecular formula is C25H19N7O2. The van der Waals surface area contributed by atoms with Gasteiger partial charge in [-0.2, -0.15) is 9.78 Å². The molecule has 0 aliphatic heterocycles. The molecule has 2 heterocycles. The van der Waals surface area contributed by atoms with E-state index in [1.165, 1.54) is 4.52 Å². The van der Waals surface area contributed by atoms with E-state index in [0.29, 0.717) is 22.7 Å². The number of nitrogen functional groups attached to an aromatic ring is 1. The molecule has 3 aromatic carbocycles. The second-order valence-electron chi connectivity index (χ2n) is 7.54. The number of nitriles is 1. The normalized spacial score (nSPS) is 10.8. The first-order valence-corrected chi connectivity index (χ1v) is 10.3. The van der Waals surface area contributed by atoms with E-state index in [0.717, 1.165) is 10.8 Å². The van der Waals surface area contributed by atoms with Crippen LogP contribution in [0, 0.1) is 11.3 Å². The maximum atomic E-state index is 12.5. The molecule has 5 aromatic rings. The van der Waals surface area contributed by atoms with E-state index in [1.807, 2.05) is 42.5 Å². The van der Waals surface area contributed by atoms with Crippen LogP contribution in [0.15, 0.2) is 66.7 Å². The van der Waals surface area contributed by atoms with Crippen LogP contribution in [0.1, 0.15) is 15.9 Å². The number of carbonyl (C=O) groups excluding carboxylic acids is 1. The van der Waals surface area contributed by atoms with E-state index < -0.39 is 5.91 Å². The second-order valence-corrected chi connectivity index (χ2v) is 7.54. The summed E-state index contributed by atoms with van der Waals surface area (Å²) in [7, 11) is 1.57. The minimum Gasteiger partial charge on any atom is -0.497 e. The van der Waals surface area contributed by atoms with Gasteiger partial charge in [-0.1, -0.05) is 42.5 Å². The predicted octanol–water partition coefficient (Wildman–Crippen LogP) is 3.85. The number of aromatic nitrogens is 3. The number of rotatable bonds is 5. The van der Waals surface area contributed by atoms with Crippen molar-refractivity contribution in [2.24, 2.45) is 5.73 Å². The molecule has 0 saturated carbocycles. The van der Waals surface area contributed by atoms with Crippen molar-refractivity contribution in [2.75, 3.05) is 18.2 Å². The zero-order valence-corrected chi connectivity index (χ0v) is 18.1. The van der Waals surface area contributed by atoms with Gasteiger partial charge in [-0.05, 0) is 35.0 Å². The van der Waals surface area contributed by atoms with Gasteiger partial charge in [0.2, 0.25) is 0 Å². The van der Waals surface area contributed by atoms with E-state index in [1.54, 1.807) is 31.4 Å². The molecule has 0 spiro atoms. The van der Waals surface area contributed by atoms with Crippen molar-refractivity contribution < 1.29 is 9.53 Å². The highest BCUT2D eigenvalue weighted by Gasteiger charge is 2.25. The fraction of sp³-hybridized carbons (Fsp3) is 0.0400. The third-order valence-electron chi connectivity index (χ3n) is 5.56. The van der Waals surface area contributed by atoms with Crippen molar-refractivity contribution in [3.63, 3.8) is 0 Å². The Balaban J connectivity index is 1.75. The molecule has 9 heteroatoms. The van der Waals surface area contributed by atoms with Crippen molar-refractivity contribution in [3.8, 4) is 23.1 Å². The van der Waals surface area contributed by atoms with E-state index in [2.05, 4.69) is 21.5 Å². The average Bonchev–Trinajstić information content (AvgIpc) is 3.22. The largest absolute Gasteiger partial charge is 0.497 e. The molecule has 166 valence electrons. The smallest absolute Gasteiger partial charge is 0.256 e. The van der Waals surface area contributed by atoms with Gasteiger partial charge in [0.05, 0.1) is 12.8 Å². The molecule has 9 nitrogen and oxygen atoms in total. The van der Waals surface area contributed by atoms with Crippen molar-refractivity contribution in [3.05, 3.63) is 77.9 Å². The number of hydrogen-bond donors (Lipinski definition) is 3. The highest BCUT2D eigenvalue weighted by Crippen LogP contribution is 2.34. The van der Waals surface area contributed by atoms with Crippen molar-refractivity contribution >= 4 is 39.6 Å². The van der Waals surface area contributed by atoms with Crippen LogP contribution in [0.2, 0.25) is 0 Å². The van der Waals surface area contributed by atoms with Crippen LogP contribution in [0.3, 0.4) is 0 Å². The van der Waals surface area contributed by atoms with E-state index >= 15 is 0 Å². The Bertz CT molecular complexity index is 1610. The molecule has 1 amide bonds. The molecule has 0 aliphatic rings. The number of benzene rings is 3. The number of nitrogens with zero attached hydrogens (tertiary/aromatic N) is 4. The van der Waals surface area contributed by atoms with Gasteiger partial charge in [0.1, 0.15) is 28.8 Å². The zero-order valence-electron chi connectivity index (χ0n) is 18.1. The van der Waals surface area contributed by atoms with E-state index in [-0.39, 0.29) is 28.4 Å². The fourth-order valence-corrected chi connectivity index (χ4v) is 3.93. The monoisotopic (exact) mass is 449 g/mol. The molecule has 2 aromatic heterocycles. The molecule has 0 aliphatic carbocycles. The molecule has 34 heavy (non-hydrogen) atoms. The lowest BCUT2D eigenvalue weighted by atomic mass is 9.99. The molecule has 0 saturated heterocycles. The molecule has 0 radical (unpaired) electrons. The summed E-state index contributed by atoms with van der Waals surface area (Å²) >= 11 is 0. The van der Waals surface area contributed by atoms with Crippen LogP contribution < -0.4 is 21.5 Å². The van der Waals surface area contributed by atoms with Crippen molar-refractivity contribution in [1.29, 1.82) is 5.26 Å². The third kappa shape index (κ3) is 3.30. The molecule has 0 bridgehead atoms. The predicted molar refractivity (Wildman–Crippen MR) is 130 cm³/mol. The molecule has 5 rings (SSSR count). The Kier molecular flexibility index (Phi) is 4.96. The summed E-state index contributed by atoms with van der Waals surface area (Å²) in [5, 5.41) is 19.3.